The molecule has 0 unspecified atom stereocenters. The number of rotatable bonds is 9. The smallest absolute Gasteiger partial charge is 0.480 e. The number of ether oxygens (including phenoxy) is 1. The van der Waals surface area contributed by atoms with Crippen molar-refractivity contribution in [3.63, 3.8) is 0 Å². The third-order valence-electron chi connectivity index (χ3n) is 5.93. The van der Waals surface area contributed by atoms with Gasteiger partial charge in [-0.05, 0) is 59.2 Å². The average molecular weight is 627 g/mol. The standard InChI is InChI=1S/C30H22BrF3N2O5/c31-22-12-15-25(35-27(37)21-10-13-23(14-11-21)41-30(32,33)34)24(17-22)28(38)36-26(29(39)40)16-18-6-8-20(9-7-18)19-4-2-1-3-5-19/h1-15,17,26H,16H2,(H,35,37)(H,36,38)(H,39,40)/t26-/m0/s1. The molecule has 0 saturated carbocycles. The Morgan fingerprint density at radius 1 is 0.829 bits per heavy atom. The fourth-order valence-corrected chi connectivity index (χ4v) is 4.31. The second-order valence-corrected chi connectivity index (χ2v) is 9.76. The highest BCUT2D eigenvalue weighted by atomic mass is 79.9. The molecule has 4 aromatic carbocycles. The summed E-state index contributed by atoms with van der Waals surface area (Å²) in [5.41, 5.74) is 2.73. The molecule has 4 rings (SSSR count). The molecule has 0 aromatic heterocycles. The van der Waals surface area contributed by atoms with Crippen LogP contribution in [0.2, 0.25) is 0 Å². The summed E-state index contributed by atoms with van der Waals surface area (Å²) < 4.78 is 41.5. The molecule has 1 atom stereocenters. The first-order chi connectivity index (χ1) is 19.5. The Bertz CT molecular complexity index is 1540. The van der Waals surface area contributed by atoms with Gasteiger partial charge in [-0.3, -0.25) is 9.59 Å². The molecule has 11 heteroatoms. The molecular weight excluding hydrogens is 605 g/mol. The van der Waals surface area contributed by atoms with Crippen LogP contribution < -0.4 is 15.4 Å². The first-order valence-corrected chi connectivity index (χ1v) is 12.9. The molecule has 0 fully saturated rings. The third kappa shape index (κ3) is 8.18. The number of benzene rings is 4. The van der Waals surface area contributed by atoms with Gasteiger partial charge in [-0.2, -0.15) is 0 Å². The summed E-state index contributed by atoms with van der Waals surface area (Å²) in [6.45, 7) is 0. The van der Waals surface area contributed by atoms with E-state index in [9.17, 15) is 32.7 Å². The fraction of sp³-hybridized carbons (Fsp3) is 0.100. The quantitative estimate of drug-likeness (QED) is 0.192. The van der Waals surface area contributed by atoms with Gasteiger partial charge in [0.1, 0.15) is 11.8 Å². The molecule has 0 aliphatic rings. The Morgan fingerprint density at radius 3 is 2.07 bits per heavy atom. The third-order valence-corrected chi connectivity index (χ3v) is 6.42. The van der Waals surface area contributed by atoms with Gasteiger partial charge in [0.15, 0.2) is 0 Å². The van der Waals surface area contributed by atoms with Crippen molar-refractivity contribution in [1.82, 2.24) is 5.32 Å². The maximum absolute atomic E-state index is 13.2. The van der Waals surface area contributed by atoms with Gasteiger partial charge >= 0.3 is 12.3 Å². The predicted octanol–water partition coefficient (Wildman–Crippen LogP) is 6.69. The molecule has 210 valence electrons. The highest BCUT2D eigenvalue weighted by molar-refractivity contribution is 9.10. The Labute approximate surface area is 241 Å². The summed E-state index contributed by atoms with van der Waals surface area (Å²) in [6.07, 6.45) is -4.86. The minimum atomic E-state index is -4.87. The molecule has 0 bridgehead atoms. The van der Waals surface area contributed by atoms with Crippen molar-refractivity contribution in [1.29, 1.82) is 0 Å². The lowest BCUT2D eigenvalue weighted by molar-refractivity contribution is -0.274. The van der Waals surface area contributed by atoms with Crippen molar-refractivity contribution in [2.45, 2.75) is 18.8 Å². The second-order valence-electron chi connectivity index (χ2n) is 8.85. The number of carboxylic acids is 1. The summed E-state index contributed by atoms with van der Waals surface area (Å²) in [5.74, 6) is -3.18. The molecule has 4 aromatic rings. The van der Waals surface area contributed by atoms with Gasteiger partial charge in [0.25, 0.3) is 11.8 Å². The first kappa shape index (κ1) is 29.3. The maximum atomic E-state index is 13.2. The van der Waals surface area contributed by atoms with Gasteiger partial charge in [0.05, 0.1) is 11.3 Å². The van der Waals surface area contributed by atoms with Crippen LogP contribution in [-0.2, 0) is 11.2 Å². The van der Waals surface area contributed by atoms with E-state index in [0.717, 1.165) is 35.4 Å². The number of nitrogens with one attached hydrogen (secondary N) is 2. The first-order valence-electron chi connectivity index (χ1n) is 12.1. The molecule has 0 saturated heterocycles. The highest BCUT2D eigenvalue weighted by Gasteiger charge is 2.31. The van der Waals surface area contributed by atoms with E-state index in [0.29, 0.717) is 10.0 Å². The number of hydrogen-bond acceptors (Lipinski definition) is 4. The largest absolute Gasteiger partial charge is 0.573 e. The fourth-order valence-electron chi connectivity index (χ4n) is 3.95. The van der Waals surface area contributed by atoms with Crippen LogP contribution in [0.15, 0.2) is 102 Å². The van der Waals surface area contributed by atoms with E-state index in [1.807, 2.05) is 42.5 Å². The summed E-state index contributed by atoms with van der Waals surface area (Å²) in [5, 5.41) is 14.8. The zero-order chi connectivity index (χ0) is 29.6. The predicted molar refractivity (Wildman–Crippen MR) is 150 cm³/mol. The van der Waals surface area contributed by atoms with E-state index in [2.05, 4.69) is 31.3 Å². The summed E-state index contributed by atoms with van der Waals surface area (Å²) in [4.78, 5) is 38.0. The van der Waals surface area contributed by atoms with Gasteiger partial charge in [-0.1, -0.05) is 70.5 Å². The van der Waals surface area contributed by atoms with Crippen molar-refractivity contribution in [3.8, 4) is 16.9 Å². The summed E-state index contributed by atoms with van der Waals surface area (Å²) in [7, 11) is 0. The van der Waals surface area contributed by atoms with Gasteiger partial charge in [-0.25, -0.2) is 4.79 Å². The second kappa shape index (κ2) is 12.7. The Morgan fingerprint density at radius 2 is 1.46 bits per heavy atom. The molecule has 7 nitrogen and oxygen atoms in total. The number of alkyl halides is 3. The van der Waals surface area contributed by atoms with Gasteiger partial charge in [-0.15, -0.1) is 13.2 Å². The topological polar surface area (TPSA) is 105 Å². The van der Waals surface area contributed by atoms with Crippen molar-refractivity contribution >= 4 is 39.4 Å². The molecule has 0 aliphatic carbocycles. The van der Waals surface area contributed by atoms with Crippen LogP contribution >= 0.6 is 15.9 Å². The molecule has 3 N–H and O–H groups in total. The van der Waals surface area contributed by atoms with Crippen LogP contribution in [0.4, 0.5) is 18.9 Å². The lowest BCUT2D eigenvalue weighted by atomic mass is 10.0. The minimum Gasteiger partial charge on any atom is -0.480 e. The van der Waals surface area contributed by atoms with Gasteiger partial charge < -0.3 is 20.5 Å². The number of amides is 2. The van der Waals surface area contributed by atoms with Crippen LogP contribution in [0.3, 0.4) is 0 Å². The summed E-state index contributed by atoms with van der Waals surface area (Å²) in [6, 6.07) is 24.4. The highest BCUT2D eigenvalue weighted by Crippen LogP contribution is 2.25. The number of halogens is 4. The SMILES string of the molecule is O=C(Nc1ccc(Br)cc1C(=O)N[C@@H](Cc1ccc(-c2ccccc2)cc1)C(=O)O)c1ccc(OC(F)(F)F)cc1. The maximum Gasteiger partial charge on any atom is 0.573 e. The van der Waals surface area contributed by atoms with E-state index in [1.54, 1.807) is 18.2 Å². The van der Waals surface area contributed by atoms with Crippen molar-refractivity contribution in [2.24, 2.45) is 0 Å². The Hall–Kier alpha value is -4.64. The zero-order valence-corrected chi connectivity index (χ0v) is 22.7. The van der Waals surface area contributed by atoms with Gasteiger partial charge in [0.2, 0.25) is 0 Å². The number of aliphatic carboxylic acids is 1. The zero-order valence-electron chi connectivity index (χ0n) is 21.1. The molecule has 2 amide bonds. The van der Waals surface area contributed by atoms with E-state index in [1.165, 1.54) is 12.1 Å². The average Bonchev–Trinajstić information content (AvgIpc) is 2.94. The monoisotopic (exact) mass is 626 g/mol. The van der Waals surface area contributed by atoms with E-state index < -0.39 is 35.9 Å². The minimum absolute atomic E-state index is 0.0103. The van der Waals surface area contributed by atoms with E-state index >= 15 is 0 Å². The van der Waals surface area contributed by atoms with Crippen molar-refractivity contribution < 1.29 is 37.4 Å². The summed E-state index contributed by atoms with van der Waals surface area (Å²) >= 11 is 3.27. The number of carboxylic acid groups (broad SMARTS) is 1. The van der Waals surface area contributed by atoms with Crippen LogP contribution in [0.25, 0.3) is 11.1 Å². The molecule has 0 radical (unpaired) electrons. The number of carbonyl (C=O) groups excluding carboxylic acids is 2. The van der Waals surface area contributed by atoms with Crippen LogP contribution in [-0.4, -0.2) is 35.3 Å². The lowest BCUT2D eigenvalue weighted by Gasteiger charge is -2.17. The van der Waals surface area contributed by atoms with Crippen molar-refractivity contribution in [2.75, 3.05) is 5.32 Å². The lowest BCUT2D eigenvalue weighted by Crippen LogP contribution is -2.42. The van der Waals surface area contributed by atoms with E-state index in [4.69, 9.17) is 0 Å². The van der Waals surface area contributed by atoms with Crippen LogP contribution in [0.1, 0.15) is 26.3 Å². The number of hydrogen-bond donors (Lipinski definition) is 3. The molecule has 0 heterocycles. The number of carbonyl (C=O) groups is 3. The molecular formula is C30H22BrF3N2O5. The van der Waals surface area contributed by atoms with E-state index in [-0.39, 0.29) is 23.2 Å². The van der Waals surface area contributed by atoms with Crippen LogP contribution in [0, 0.1) is 0 Å². The molecule has 41 heavy (non-hydrogen) atoms. The normalized spacial score (nSPS) is 11.8. The Balaban J connectivity index is 1.47. The van der Waals surface area contributed by atoms with Gasteiger partial charge in [0, 0.05) is 16.5 Å². The van der Waals surface area contributed by atoms with Crippen LogP contribution in [0.5, 0.6) is 5.75 Å². The Kier molecular flexibility index (Phi) is 9.08. The van der Waals surface area contributed by atoms with Crippen molar-refractivity contribution in [3.05, 3.63) is 118 Å². The molecule has 0 aliphatic heterocycles. The number of anilines is 1. The molecule has 0 spiro atoms.